The predicted octanol–water partition coefficient (Wildman–Crippen LogP) is 3.91. The van der Waals surface area contributed by atoms with Crippen molar-refractivity contribution in [3.05, 3.63) is 42.0 Å². The van der Waals surface area contributed by atoms with Crippen LogP contribution in [0.2, 0.25) is 0 Å². The van der Waals surface area contributed by atoms with Crippen LogP contribution in [0.4, 0.5) is 0 Å². The normalized spacial score (nSPS) is 9.68. The molecular weight excluding hydrogens is 318 g/mol. The van der Waals surface area contributed by atoms with Gasteiger partial charge in [0.25, 0.3) is 0 Å². The quantitative estimate of drug-likeness (QED) is 0.352. The van der Waals surface area contributed by atoms with Gasteiger partial charge in [0.1, 0.15) is 12.0 Å². The average molecular weight is 349 g/mol. The predicted molar refractivity (Wildman–Crippen MR) is 101 cm³/mol. The highest BCUT2D eigenvalue weighted by molar-refractivity contribution is 5.92. The number of amides is 1. The lowest BCUT2D eigenvalue weighted by molar-refractivity contribution is -0.104. The number of aldehydes is 1. The van der Waals surface area contributed by atoms with Gasteiger partial charge in [0.05, 0.1) is 6.61 Å². The molecule has 1 aromatic rings. The molecule has 25 heavy (non-hydrogen) atoms. The summed E-state index contributed by atoms with van der Waals surface area (Å²) < 4.78 is 10.6. The summed E-state index contributed by atoms with van der Waals surface area (Å²) in [5.74, 6) is 0.375. The average Bonchev–Trinajstić information content (AvgIpc) is 2.61. The van der Waals surface area contributed by atoms with Gasteiger partial charge in [-0.2, -0.15) is 0 Å². The second-order valence-electron chi connectivity index (χ2n) is 5.82. The van der Waals surface area contributed by atoms with Crippen LogP contribution in [0.25, 0.3) is 0 Å². The molecule has 0 aliphatic rings. The molecule has 1 rings (SSSR count). The van der Waals surface area contributed by atoms with Crippen LogP contribution in [0.15, 0.2) is 36.4 Å². The topological polar surface area (TPSA) is 78.6 Å². The van der Waals surface area contributed by atoms with Gasteiger partial charge in [-0.25, -0.2) is 0 Å². The highest BCUT2D eigenvalue weighted by atomic mass is 16.5. The lowest BCUT2D eigenvalue weighted by Gasteiger charge is -2.06. The van der Waals surface area contributed by atoms with E-state index < -0.39 is 5.91 Å². The second kappa shape index (κ2) is 15.4. The van der Waals surface area contributed by atoms with Crippen molar-refractivity contribution in [1.82, 2.24) is 0 Å². The molecule has 5 heteroatoms. The van der Waals surface area contributed by atoms with Crippen LogP contribution in [-0.2, 0) is 9.53 Å². The Kier molecular flexibility index (Phi) is 14.1. The van der Waals surface area contributed by atoms with E-state index >= 15 is 0 Å². The highest BCUT2D eigenvalue weighted by Crippen LogP contribution is 2.13. The minimum Gasteiger partial charge on any atom is -0.494 e. The number of allylic oxidation sites excluding steroid dienone is 1. The van der Waals surface area contributed by atoms with Crippen molar-refractivity contribution < 1.29 is 19.1 Å². The third kappa shape index (κ3) is 14.0. The van der Waals surface area contributed by atoms with Crippen molar-refractivity contribution in [2.75, 3.05) is 20.3 Å². The van der Waals surface area contributed by atoms with Gasteiger partial charge >= 0.3 is 0 Å². The Morgan fingerprint density at radius 2 is 1.52 bits per heavy atom. The zero-order valence-corrected chi connectivity index (χ0v) is 15.5. The van der Waals surface area contributed by atoms with Gasteiger partial charge < -0.3 is 15.2 Å². The molecule has 0 bridgehead atoms. The van der Waals surface area contributed by atoms with Crippen molar-refractivity contribution in [1.29, 1.82) is 0 Å². The number of nitrogens with two attached hydrogens (primary N) is 1. The largest absolute Gasteiger partial charge is 0.494 e. The maximum Gasteiger partial charge on any atom is 0.248 e. The van der Waals surface area contributed by atoms with Gasteiger partial charge in [-0.3, -0.25) is 9.59 Å². The zero-order valence-electron chi connectivity index (χ0n) is 15.5. The van der Waals surface area contributed by atoms with Gasteiger partial charge in [0.2, 0.25) is 5.91 Å². The monoisotopic (exact) mass is 349 g/mol. The van der Waals surface area contributed by atoms with Crippen molar-refractivity contribution >= 4 is 12.2 Å². The first-order valence-corrected chi connectivity index (χ1v) is 8.63. The van der Waals surface area contributed by atoms with E-state index in [0.717, 1.165) is 31.5 Å². The molecule has 0 fully saturated rings. The van der Waals surface area contributed by atoms with Crippen LogP contribution in [-0.4, -0.2) is 32.5 Å². The van der Waals surface area contributed by atoms with Crippen LogP contribution in [0.3, 0.4) is 0 Å². The van der Waals surface area contributed by atoms with Crippen molar-refractivity contribution in [2.24, 2.45) is 5.73 Å². The van der Waals surface area contributed by atoms with E-state index in [4.69, 9.17) is 15.2 Å². The smallest absolute Gasteiger partial charge is 0.248 e. The van der Waals surface area contributed by atoms with Crippen LogP contribution in [0.1, 0.15) is 55.8 Å². The van der Waals surface area contributed by atoms with Crippen LogP contribution < -0.4 is 10.5 Å². The van der Waals surface area contributed by atoms with Gasteiger partial charge in [0, 0.05) is 19.3 Å². The first kappa shape index (κ1) is 22.9. The summed E-state index contributed by atoms with van der Waals surface area (Å²) in [4.78, 5) is 20.3. The molecule has 0 atom stereocenters. The lowest BCUT2D eigenvalue weighted by Crippen LogP contribution is -2.10. The van der Waals surface area contributed by atoms with E-state index in [9.17, 15) is 9.59 Å². The number of rotatable bonds is 12. The molecule has 5 nitrogen and oxygen atoms in total. The van der Waals surface area contributed by atoms with Crippen LogP contribution in [0.5, 0.6) is 5.75 Å². The molecule has 2 N–H and O–H groups in total. The van der Waals surface area contributed by atoms with Gasteiger partial charge in [-0.15, -0.1) is 0 Å². The van der Waals surface area contributed by atoms with Crippen molar-refractivity contribution in [3.8, 4) is 5.75 Å². The van der Waals surface area contributed by atoms with E-state index in [-0.39, 0.29) is 0 Å². The minimum absolute atomic E-state index is 0.412. The number of hydrogen-bond acceptors (Lipinski definition) is 4. The first-order valence-electron chi connectivity index (χ1n) is 8.63. The number of unbranched alkanes of at least 4 members (excludes halogenated alkanes) is 5. The van der Waals surface area contributed by atoms with Crippen LogP contribution in [0, 0.1) is 0 Å². The summed E-state index contributed by atoms with van der Waals surface area (Å²) in [6.07, 6.45) is 7.86. The molecule has 0 heterocycles. The fourth-order valence-electron chi connectivity index (χ4n) is 1.96. The molecule has 0 spiro atoms. The molecule has 1 aromatic carbocycles. The number of benzene rings is 1. The first-order chi connectivity index (χ1) is 12.0. The summed E-state index contributed by atoms with van der Waals surface area (Å²) in [7, 11) is 1.74. The van der Waals surface area contributed by atoms with Gasteiger partial charge in [0.15, 0.2) is 0 Å². The Morgan fingerprint density at radius 1 is 1.04 bits per heavy atom. The molecule has 0 radical (unpaired) electrons. The zero-order chi connectivity index (χ0) is 18.9. The third-order valence-electron chi connectivity index (χ3n) is 3.35. The third-order valence-corrected chi connectivity index (χ3v) is 3.35. The summed E-state index contributed by atoms with van der Waals surface area (Å²) in [6, 6.07) is 6.94. The van der Waals surface area contributed by atoms with Crippen molar-refractivity contribution in [2.45, 2.75) is 45.4 Å². The van der Waals surface area contributed by atoms with Crippen molar-refractivity contribution in [3.63, 3.8) is 0 Å². The van der Waals surface area contributed by atoms with E-state index in [1.807, 2.05) is 0 Å². The van der Waals surface area contributed by atoms with Gasteiger partial charge in [-0.05, 0) is 49.6 Å². The Balaban J connectivity index is 0.00000101. The lowest BCUT2D eigenvalue weighted by atomic mass is 10.1. The standard InChI is InChI=1S/C16H25NO3.C4H6O/c1-19-12-6-4-2-3-5-7-13-20-15-10-8-14(9-11-15)16(17)18;1-4(2)3-5/h8-11H,2-7,12-13H2,1H3,(H2,17,18);3H,1H2,2H3. The minimum atomic E-state index is -0.412. The molecule has 0 aromatic heterocycles. The summed E-state index contributed by atoms with van der Waals surface area (Å²) >= 11 is 0. The number of methoxy groups -OCH3 is 1. The summed E-state index contributed by atoms with van der Waals surface area (Å²) in [5.41, 5.74) is 6.26. The summed E-state index contributed by atoms with van der Waals surface area (Å²) in [6.45, 7) is 6.55. The molecule has 0 aliphatic heterocycles. The molecular formula is C20H31NO4. The number of ether oxygens (including phenoxy) is 2. The fourth-order valence-corrected chi connectivity index (χ4v) is 1.96. The molecule has 0 saturated carbocycles. The Hall–Kier alpha value is -2.14. The number of hydrogen-bond donors (Lipinski definition) is 1. The number of carbonyl (C=O) groups excluding carboxylic acids is 2. The molecule has 0 unspecified atom stereocenters. The maximum absolute atomic E-state index is 10.9. The Bertz CT molecular complexity index is 497. The second-order valence-corrected chi connectivity index (χ2v) is 5.82. The van der Waals surface area contributed by atoms with E-state index in [1.165, 1.54) is 25.7 Å². The van der Waals surface area contributed by atoms with E-state index in [0.29, 0.717) is 17.7 Å². The number of primary amides is 1. The maximum atomic E-state index is 10.9. The Labute approximate surface area is 151 Å². The van der Waals surface area contributed by atoms with Crippen LogP contribution >= 0.6 is 0 Å². The molecule has 0 saturated heterocycles. The fraction of sp³-hybridized carbons (Fsp3) is 0.500. The molecule has 140 valence electrons. The summed E-state index contributed by atoms with van der Waals surface area (Å²) in [5, 5.41) is 0. The SMILES string of the molecule is C=C(C)C=O.COCCCCCCCCOc1ccc(C(N)=O)cc1. The van der Waals surface area contributed by atoms with E-state index in [2.05, 4.69) is 6.58 Å². The molecule has 1 amide bonds. The molecule has 0 aliphatic carbocycles. The Morgan fingerprint density at radius 3 is 1.96 bits per heavy atom. The number of carbonyl (C=O) groups is 2. The van der Waals surface area contributed by atoms with E-state index in [1.54, 1.807) is 38.3 Å². The highest BCUT2D eigenvalue weighted by Gasteiger charge is 2.00. The van der Waals surface area contributed by atoms with Gasteiger partial charge in [-0.1, -0.05) is 32.3 Å².